The molecule has 0 bridgehead atoms. The van der Waals surface area contributed by atoms with E-state index in [-0.39, 0.29) is 23.7 Å². The first-order chi connectivity index (χ1) is 10.8. The van der Waals surface area contributed by atoms with Crippen molar-refractivity contribution in [3.63, 3.8) is 0 Å². The third kappa shape index (κ3) is 2.80. The van der Waals surface area contributed by atoms with E-state index in [0.717, 1.165) is 11.3 Å². The van der Waals surface area contributed by atoms with Crippen LogP contribution in [0.15, 0.2) is 35.6 Å². The molecule has 1 amide bonds. The van der Waals surface area contributed by atoms with Crippen LogP contribution >= 0.6 is 0 Å². The molecule has 9 nitrogen and oxygen atoms in total. The van der Waals surface area contributed by atoms with E-state index in [2.05, 4.69) is 36.5 Å². The van der Waals surface area contributed by atoms with Crippen LogP contribution in [0.25, 0.3) is 5.57 Å². The molecule has 0 radical (unpaired) electrons. The number of carbonyl (C=O) groups excluding carboxylic acids is 1. The first kappa shape index (κ1) is 13.4. The molecular formula is C13H10N8O. The van der Waals surface area contributed by atoms with E-state index < -0.39 is 0 Å². The SMILES string of the molecule is N#CC(=CNc1cccc(C2=NNC(=O)C2)c1)c1nn[nH]n1. The summed E-state index contributed by atoms with van der Waals surface area (Å²) in [7, 11) is 0. The molecule has 2 heterocycles. The Labute approximate surface area is 124 Å². The molecule has 0 fully saturated rings. The number of allylic oxidation sites excluding steroid dienone is 1. The molecule has 1 aliphatic heterocycles. The Morgan fingerprint density at radius 3 is 3.05 bits per heavy atom. The molecule has 3 rings (SSSR count). The number of hydrogen-bond donors (Lipinski definition) is 3. The number of H-pyrrole nitrogens is 1. The summed E-state index contributed by atoms with van der Waals surface area (Å²) in [5.74, 6) is 0.0817. The number of hydrogen-bond acceptors (Lipinski definition) is 7. The maximum Gasteiger partial charge on any atom is 0.246 e. The lowest BCUT2D eigenvalue weighted by molar-refractivity contribution is -0.119. The van der Waals surface area contributed by atoms with Crippen LogP contribution in [-0.4, -0.2) is 32.2 Å². The largest absolute Gasteiger partial charge is 0.360 e. The molecule has 0 spiro atoms. The van der Waals surface area contributed by atoms with Crippen molar-refractivity contribution in [2.45, 2.75) is 6.42 Å². The number of aromatic nitrogens is 4. The minimum absolute atomic E-state index is 0.128. The number of nitriles is 1. The molecule has 0 atom stereocenters. The first-order valence-electron chi connectivity index (χ1n) is 6.33. The number of anilines is 1. The summed E-state index contributed by atoms with van der Waals surface area (Å²) in [5, 5.41) is 29.2. The fraction of sp³-hybridized carbons (Fsp3) is 0.0769. The zero-order chi connectivity index (χ0) is 15.4. The highest BCUT2D eigenvalue weighted by Gasteiger charge is 2.16. The van der Waals surface area contributed by atoms with E-state index >= 15 is 0 Å². The topological polar surface area (TPSA) is 132 Å². The van der Waals surface area contributed by atoms with Crippen molar-refractivity contribution >= 4 is 22.9 Å². The summed E-state index contributed by atoms with van der Waals surface area (Å²) in [6.07, 6.45) is 1.75. The number of aromatic amines is 1. The molecule has 1 aliphatic rings. The first-order valence-corrected chi connectivity index (χ1v) is 6.33. The third-order valence-corrected chi connectivity index (χ3v) is 2.93. The Hall–Kier alpha value is -3.54. The molecule has 0 aliphatic carbocycles. The van der Waals surface area contributed by atoms with Crippen molar-refractivity contribution in [3.05, 3.63) is 41.9 Å². The van der Waals surface area contributed by atoms with Gasteiger partial charge >= 0.3 is 0 Å². The normalized spacial score (nSPS) is 14.2. The summed E-state index contributed by atoms with van der Waals surface area (Å²) >= 11 is 0. The molecule has 2 aromatic rings. The number of nitrogens with zero attached hydrogens (tertiary/aromatic N) is 5. The number of nitrogens with one attached hydrogen (secondary N) is 3. The van der Waals surface area contributed by atoms with Crippen LogP contribution < -0.4 is 10.7 Å². The van der Waals surface area contributed by atoms with Crippen LogP contribution in [0, 0.1) is 11.3 Å². The van der Waals surface area contributed by atoms with Crippen molar-refractivity contribution in [1.29, 1.82) is 5.26 Å². The average Bonchev–Trinajstić information content (AvgIpc) is 3.20. The van der Waals surface area contributed by atoms with Crippen molar-refractivity contribution in [1.82, 2.24) is 26.0 Å². The average molecular weight is 294 g/mol. The van der Waals surface area contributed by atoms with Crippen LogP contribution in [0.2, 0.25) is 0 Å². The van der Waals surface area contributed by atoms with E-state index in [1.165, 1.54) is 6.20 Å². The Bertz CT molecular complexity index is 800. The minimum Gasteiger partial charge on any atom is -0.360 e. The van der Waals surface area contributed by atoms with E-state index in [1.54, 1.807) is 0 Å². The lowest BCUT2D eigenvalue weighted by Gasteiger charge is -2.04. The fourth-order valence-electron chi connectivity index (χ4n) is 1.89. The van der Waals surface area contributed by atoms with Crippen molar-refractivity contribution < 1.29 is 4.79 Å². The number of carbonyl (C=O) groups is 1. The summed E-state index contributed by atoms with van der Waals surface area (Å²) < 4.78 is 0. The highest BCUT2D eigenvalue weighted by molar-refractivity contribution is 6.13. The van der Waals surface area contributed by atoms with Crippen LogP contribution in [0.4, 0.5) is 5.69 Å². The van der Waals surface area contributed by atoms with Gasteiger partial charge in [-0.25, -0.2) is 5.43 Å². The van der Waals surface area contributed by atoms with Gasteiger partial charge in [0.05, 0.1) is 12.1 Å². The van der Waals surface area contributed by atoms with E-state index in [9.17, 15) is 4.79 Å². The van der Waals surface area contributed by atoms with Crippen LogP contribution in [0.5, 0.6) is 0 Å². The molecular weight excluding hydrogens is 284 g/mol. The molecule has 9 heteroatoms. The Balaban J connectivity index is 1.79. The molecule has 3 N–H and O–H groups in total. The minimum atomic E-state index is -0.128. The van der Waals surface area contributed by atoms with Crippen LogP contribution in [0.3, 0.4) is 0 Å². The van der Waals surface area contributed by atoms with Gasteiger partial charge in [0.15, 0.2) is 0 Å². The van der Waals surface area contributed by atoms with Crippen molar-refractivity contribution in [3.8, 4) is 6.07 Å². The molecule has 1 aromatic heterocycles. The monoisotopic (exact) mass is 294 g/mol. The summed E-state index contributed by atoms with van der Waals surface area (Å²) in [4.78, 5) is 11.2. The zero-order valence-electron chi connectivity index (χ0n) is 11.2. The van der Waals surface area contributed by atoms with Crippen LogP contribution in [0.1, 0.15) is 17.8 Å². The Morgan fingerprint density at radius 1 is 1.45 bits per heavy atom. The highest BCUT2D eigenvalue weighted by Crippen LogP contribution is 2.16. The number of benzene rings is 1. The number of tetrazole rings is 1. The van der Waals surface area contributed by atoms with Gasteiger partial charge in [-0.2, -0.15) is 15.6 Å². The number of rotatable bonds is 4. The van der Waals surface area contributed by atoms with Gasteiger partial charge in [-0.05, 0) is 17.3 Å². The molecule has 0 saturated heterocycles. The Kier molecular flexibility index (Phi) is 3.57. The van der Waals surface area contributed by atoms with E-state index in [1.807, 2.05) is 30.3 Å². The van der Waals surface area contributed by atoms with E-state index in [0.29, 0.717) is 5.71 Å². The predicted octanol–water partition coefficient (Wildman–Crippen LogP) is 0.400. The second-order valence-electron chi connectivity index (χ2n) is 4.40. The zero-order valence-corrected chi connectivity index (χ0v) is 11.2. The maximum atomic E-state index is 11.2. The smallest absolute Gasteiger partial charge is 0.246 e. The number of hydrazone groups is 1. The summed E-state index contributed by atoms with van der Waals surface area (Å²) in [5.41, 5.74) is 4.91. The molecule has 0 unspecified atom stereocenters. The van der Waals surface area contributed by atoms with Gasteiger partial charge < -0.3 is 5.32 Å². The van der Waals surface area contributed by atoms with Crippen molar-refractivity contribution in [2.75, 3.05) is 5.32 Å². The molecule has 0 saturated carbocycles. The molecule has 108 valence electrons. The second-order valence-corrected chi connectivity index (χ2v) is 4.40. The summed E-state index contributed by atoms with van der Waals surface area (Å²) in [6, 6.07) is 9.34. The van der Waals surface area contributed by atoms with Gasteiger partial charge in [0.25, 0.3) is 0 Å². The van der Waals surface area contributed by atoms with Gasteiger partial charge in [0, 0.05) is 17.5 Å². The lowest BCUT2D eigenvalue weighted by Crippen LogP contribution is -2.09. The van der Waals surface area contributed by atoms with Crippen LogP contribution in [-0.2, 0) is 4.79 Å². The maximum absolute atomic E-state index is 11.2. The standard InChI is InChI=1S/C13H10N8O/c14-6-9(13-18-20-21-19-13)7-15-10-3-1-2-8(4-10)11-5-12(22)17-16-11/h1-4,7,15H,5H2,(H,17,22)(H,18,19,20,21). The second kappa shape index (κ2) is 5.84. The van der Waals surface area contributed by atoms with Crippen molar-refractivity contribution in [2.24, 2.45) is 5.10 Å². The fourth-order valence-corrected chi connectivity index (χ4v) is 1.89. The lowest BCUT2D eigenvalue weighted by atomic mass is 10.1. The molecule has 1 aromatic carbocycles. The Morgan fingerprint density at radius 2 is 2.36 bits per heavy atom. The van der Waals surface area contributed by atoms with Gasteiger partial charge in [0.2, 0.25) is 11.7 Å². The van der Waals surface area contributed by atoms with Gasteiger partial charge in [-0.1, -0.05) is 12.1 Å². The van der Waals surface area contributed by atoms with Gasteiger partial charge in [-0.15, -0.1) is 10.2 Å². The number of amides is 1. The van der Waals surface area contributed by atoms with Gasteiger partial charge in [0.1, 0.15) is 11.6 Å². The van der Waals surface area contributed by atoms with Gasteiger partial charge in [-0.3, -0.25) is 4.79 Å². The highest BCUT2D eigenvalue weighted by atomic mass is 16.2. The van der Waals surface area contributed by atoms with E-state index in [4.69, 9.17) is 5.26 Å². The quantitative estimate of drug-likeness (QED) is 0.699. The third-order valence-electron chi connectivity index (χ3n) is 2.93. The predicted molar refractivity (Wildman–Crippen MR) is 77.1 cm³/mol. The summed E-state index contributed by atoms with van der Waals surface area (Å²) in [6.45, 7) is 0. The molecule has 22 heavy (non-hydrogen) atoms.